The Kier molecular flexibility index (Phi) is 4.14. The second kappa shape index (κ2) is 5.80. The number of methoxy groups -OCH3 is 1. The maximum atomic E-state index is 14.0. The molecule has 0 aromatic rings. The van der Waals surface area contributed by atoms with Crippen LogP contribution in [0.15, 0.2) is 0 Å². The van der Waals surface area contributed by atoms with Crippen molar-refractivity contribution in [2.24, 2.45) is 0 Å². The molecule has 0 aromatic heterocycles. The average Bonchev–Trinajstić information content (AvgIpc) is 3.22. The van der Waals surface area contributed by atoms with Gasteiger partial charge in [-0.05, 0) is 38.5 Å². The molecule has 3 rings (SSSR count). The third-order valence-corrected chi connectivity index (χ3v) is 5.47. The number of carbonyl (C=O) groups is 2. The molecule has 3 aliphatic rings. The summed E-state index contributed by atoms with van der Waals surface area (Å²) >= 11 is 0. The molecule has 1 aliphatic carbocycles. The van der Waals surface area contributed by atoms with E-state index in [-0.39, 0.29) is 17.4 Å². The number of hydrogen-bond acceptors (Lipinski definition) is 3. The number of amides is 2. The Bertz CT molecular complexity index is 466. The maximum absolute atomic E-state index is 14.0. The zero-order valence-corrected chi connectivity index (χ0v) is 13.3. The molecule has 0 bridgehead atoms. The van der Waals surface area contributed by atoms with Gasteiger partial charge in [0.15, 0.2) is 5.67 Å². The third-order valence-electron chi connectivity index (χ3n) is 5.47. The quantitative estimate of drug-likeness (QED) is 0.790. The van der Waals surface area contributed by atoms with Crippen LogP contribution in [0.3, 0.4) is 0 Å². The molecule has 0 radical (unpaired) electrons. The fraction of sp³-hybridized carbons (Fsp3) is 0.875. The Morgan fingerprint density at radius 2 is 2.00 bits per heavy atom. The molecular formula is C16H25FN2O3. The van der Waals surface area contributed by atoms with Gasteiger partial charge in [0.25, 0.3) is 5.91 Å². The summed E-state index contributed by atoms with van der Waals surface area (Å²) in [6.45, 7) is 2.31. The summed E-state index contributed by atoms with van der Waals surface area (Å²) in [5.74, 6) is -0.154. The molecule has 5 nitrogen and oxygen atoms in total. The van der Waals surface area contributed by atoms with Crippen LogP contribution >= 0.6 is 0 Å². The minimum absolute atomic E-state index is 0.155. The van der Waals surface area contributed by atoms with E-state index in [2.05, 4.69) is 0 Å². The molecule has 22 heavy (non-hydrogen) atoms. The highest BCUT2D eigenvalue weighted by atomic mass is 19.1. The Morgan fingerprint density at radius 1 is 1.23 bits per heavy atom. The van der Waals surface area contributed by atoms with E-state index in [0.29, 0.717) is 45.5 Å². The highest BCUT2D eigenvalue weighted by molar-refractivity contribution is 5.88. The van der Waals surface area contributed by atoms with Crippen LogP contribution in [0.25, 0.3) is 0 Å². The number of hydrogen-bond donors (Lipinski definition) is 0. The first-order valence-electron chi connectivity index (χ1n) is 8.28. The number of rotatable bonds is 4. The summed E-state index contributed by atoms with van der Waals surface area (Å²) in [5, 5.41) is 0. The molecule has 0 N–H and O–H groups in total. The SMILES string of the molecule is COCCN1C(=O)CCC12CCCN(C(=O)C1(F)CC1)CC2. The number of carbonyl (C=O) groups excluding carboxylic acids is 2. The highest BCUT2D eigenvalue weighted by Gasteiger charge is 2.54. The standard InChI is InChI=1S/C16H25FN2O3/c1-22-12-11-19-13(20)3-5-15(19)4-2-9-18(10-8-15)14(21)16(17)6-7-16/h2-12H2,1H3. The van der Waals surface area contributed by atoms with E-state index in [1.54, 1.807) is 12.0 Å². The van der Waals surface area contributed by atoms with Gasteiger partial charge in [-0.1, -0.05) is 0 Å². The van der Waals surface area contributed by atoms with Crippen LogP contribution in [-0.4, -0.2) is 66.2 Å². The summed E-state index contributed by atoms with van der Waals surface area (Å²) in [6, 6.07) is 0. The van der Waals surface area contributed by atoms with Crippen molar-refractivity contribution in [3.63, 3.8) is 0 Å². The van der Waals surface area contributed by atoms with Crippen molar-refractivity contribution in [1.82, 2.24) is 9.80 Å². The van der Waals surface area contributed by atoms with Crippen LogP contribution in [0.4, 0.5) is 4.39 Å². The van der Waals surface area contributed by atoms with Crippen LogP contribution in [-0.2, 0) is 14.3 Å². The van der Waals surface area contributed by atoms with Gasteiger partial charge in [0.1, 0.15) is 0 Å². The van der Waals surface area contributed by atoms with Crippen molar-refractivity contribution in [2.45, 2.75) is 56.2 Å². The Labute approximate surface area is 130 Å². The predicted molar refractivity (Wildman–Crippen MR) is 79.1 cm³/mol. The van der Waals surface area contributed by atoms with Gasteiger partial charge in [-0.3, -0.25) is 9.59 Å². The molecule has 3 fully saturated rings. The second-order valence-corrected chi connectivity index (χ2v) is 6.87. The van der Waals surface area contributed by atoms with Crippen molar-refractivity contribution < 1.29 is 18.7 Å². The summed E-state index contributed by atoms with van der Waals surface area (Å²) in [7, 11) is 1.64. The molecule has 2 heterocycles. The van der Waals surface area contributed by atoms with E-state index in [9.17, 15) is 14.0 Å². The van der Waals surface area contributed by atoms with Crippen molar-refractivity contribution in [1.29, 1.82) is 0 Å². The Morgan fingerprint density at radius 3 is 2.68 bits per heavy atom. The maximum Gasteiger partial charge on any atom is 0.260 e. The lowest BCUT2D eigenvalue weighted by molar-refractivity contribution is -0.138. The summed E-state index contributed by atoms with van der Waals surface area (Å²) in [5.41, 5.74) is -1.74. The van der Waals surface area contributed by atoms with Crippen LogP contribution in [0.5, 0.6) is 0 Å². The molecule has 2 saturated heterocycles. The molecule has 1 spiro atoms. The molecule has 0 aromatic carbocycles. The number of ether oxygens (including phenoxy) is 1. The van der Waals surface area contributed by atoms with Gasteiger partial charge in [-0.25, -0.2) is 4.39 Å². The number of likely N-dealkylation sites (tertiary alicyclic amines) is 2. The zero-order chi connectivity index (χ0) is 15.8. The number of halogens is 1. The third kappa shape index (κ3) is 2.73. The van der Waals surface area contributed by atoms with Crippen molar-refractivity contribution in [3.8, 4) is 0 Å². The fourth-order valence-corrected chi connectivity index (χ4v) is 3.93. The van der Waals surface area contributed by atoms with E-state index in [1.165, 1.54) is 0 Å². The van der Waals surface area contributed by atoms with Crippen molar-refractivity contribution in [2.75, 3.05) is 33.4 Å². The summed E-state index contributed by atoms with van der Waals surface area (Å²) in [6.07, 6.45) is 4.63. The highest BCUT2D eigenvalue weighted by Crippen LogP contribution is 2.43. The van der Waals surface area contributed by atoms with Gasteiger partial charge >= 0.3 is 0 Å². The lowest BCUT2D eigenvalue weighted by atomic mass is 9.88. The predicted octanol–water partition coefficient (Wildman–Crippen LogP) is 1.51. The monoisotopic (exact) mass is 312 g/mol. The average molecular weight is 312 g/mol. The molecule has 2 aliphatic heterocycles. The van der Waals surface area contributed by atoms with Crippen molar-refractivity contribution in [3.05, 3.63) is 0 Å². The van der Waals surface area contributed by atoms with Gasteiger partial charge < -0.3 is 14.5 Å². The van der Waals surface area contributed by atoms with E-state index in [0.717, 1.165) is 25.7 Å². The summed E-state index contributed by atoms with van der Waals surface area (Å²) < 4.78 is 19.1. The van der Waals surface area contributed by atoms with E-state index < -0.39 is 5.67 Å². The van der Waals surface area contributed by atoms with Crippen LogP contribution in [0, 0.1) is 0 Å². The van der Waals surface area contributed by atoms with E-state index in [4.69, 9.17) is 4.74 Å². The zero-order valence-electron chi connectivity index (χ0n) is 13.3. The second-order valence-electron chi connectivity index (χ2n) is 6.87. The molecule has 1 saturated carbocycles. The van der Waals surface area contributed by atoms with E-state index in [1.807, 2.05) is 4.90 Å². The molecule has 6 heteroatoms. The first-order valence-corrected chi connectivity index (χ1v) is 8.28. The smallest absolute Gasteiger partial charge is 0.260 e. The van der Waals surface area contributed by atoms with Crippen LogP contribution in [0.1, 0.15) is 44.9 Å². The Hall–Kier alpha value is -1.17. The summed E-state index contributed by atoms with van der Waals surface area (Å²) in [4.78, 5) is 28.0. The van der Waals surface area contributed by atoms with Gasteiger partial charge in [-0.2, -0.15) is 0 Å². The molecule has 1 atom stereocenters. The van der Waals surface area contributed by atoms with E-state index >= 15 is 0 Å². The lowest BCUT2D eigenvalue weighted by Crippen LogP contribution is -2.48. The minimum atomic E-state index is -1.58. The molecule has 124 valence electrons. The fourth-order valence-electron chi connectivity index (χ4n) is 3.93. The minimum Gasteiger partial charge on any atom is -0.383 e. The lowest BCUT2D eigenvalue weighted by Gasteiger charge is -2.38. The molecule has 2 amide bonds. The topological polar surface area (TPSA) is 49.9 Å². The number of alkyl halides is 1. The normalized spacial score (nSPS) is 30.7. The largest absolute Gasteiger partial charge is 0.383 e. The van der Waals surface area contributed by atoms with Gasteiger partial charge in [0, 0.05) is 38.7 Å². The van der Waals surface area contributed by atoms with Gasteiger partial charge in [-0.15, -0.1) is 0 Å². The first-order chi connectivity index (χ1) is 10.5. The van der Waals surface area contributed by atoms with Crippen LogP contribution < -0.4 is 0 Å². The van der Waals surface area contributed by atoms with Gasteiger partial charge in [0.2, 0.25) is 5.91 Å². The van der Waals surface area contributed by atoms with Gasteiger partial charge in [0.05, 0.1) is 6.61 Å². The first kappa shape index (κ1) is 15.7. The molecule has 1 unspecified atom stereocenters. The van der Waals surface area contributed by atoms with Crippen molar-refractivity contribution >= 4 is 11.8 Å². The number of nitrogens with zero attached hydrogens (tertiary/aromatic N) is 2. The molecular weight excluding hydrogens is 287 g/mol. The Balaban J connectivity index is 1.68. The van der Waals surface area contributed by atoms with Crippen LogP contribution in [0.2, 0.25) is 0 Å².